The molecule has 0 fully saturated rings. The monoisotopic (exact) mass is 361 g/mol. The standard InChI is InChI=1S/C18H20ClN3O3/c1-3-21(4-2)18(23)13-9-10-16(17(11-13)22(24)25)20-12-14-7-5-6-8-15(14)19/h5-11,20H,3-4,12H2,1-2H3. The van der Waals surface area contributed by atoms with Gasteiger partial charge in [0.1, 0.15) is 5.69 Å². The van der Waals surface area contributed by atoms with Crippen LogP contribution in [0, 0.1) is 10.1 Å². The van der Waals surface area contributed by atoms with Crippen molar-refractivity contribution >= 4 is 28.9 Å². The Bertz CT molecular complexity index is 776. The van der Waals surface area contributed by atoms with Gasteiger partial charge in [-0.1, -0.05) is 29.8 Å². The van der Waals surface area contributed by atoms with Crippen molar-refractivity contribution < 1.29 is 9.72 Å². The summed E-state index contributed by atoms with van der Waals surface area (Å²) in [5.41, 5.74) is 1.35. The molecular weight excluding hydrogens is 342 g/mol. The lowest BCUT2D eigenvalue weighted by molar-refractivity contribution is -0.384. The molecule has 2 aromatic rings. The number of nitro benzene ring substituents is 1. The van der Waals surface area contributed by atoms with Gasteiger partial charge >= 0.3 is 0 Å². The molecular formula is C18H20ClN3O3. The molecule has 25 heavy (non-hydrogen) atoms. The molecule has 132 valence electrons. The van der Waals surface area contributed by atoms with Crippen molar-refractivity contribution in [1.29, 1.82) is 0 Å². The zero-order valence-corrected chi connectivity index (χ0v) is 14.9. The maximum absolute atomic E-state index is 12.4. The van der Waals surface area contributed by atoms with Gasteiger partial charge in [0, 0.05) is 36.3 Å². The van der Waals surface area contributed by atoms with Crippen molar-refractivity contribution in [3.8, 4) is 0 Å². The SMILES string of the molecule is CCN(CC)C(=O)c1ccc(NCc2ccccc2Cl)c([N+](=O)[O-])c1. The summed E-state index contributed by atoms with van der Waals surface area (Å²) in [5.74, 6) is -0.217. The smallest absolute Gasteiger partial charge is 0.293 e. The van der Waals surface area contributed by atoms with Gasteiger partial charge in [0.05, 0.1) is 4.92 Å². The van der Waals surface area contributed by atoms with Gasteiger partial charge in [0.2, 0.25) is 0 Å². The highest BCUT2D eigenvalue weighted by Crippen LogP contribution is 2.27. The fourth-order valence-corrected chi connectivity index (χ4v) is 2.69. The first kappa shape index (κ1) is 18.7. The van der Waals surface area contributed by atoms with Gasteiger partial charge in [-0.25, -0.2) is 0 Å². The molecule has 0 aliphatic heterocycles. The maximum atomic E-state index is 12.4. The third-order valence-corrected chi connectivity index (χ3v) is 4.29. The second-order valence-corrected chi connectivity index (χ2v) is 5.82. The van der Waals surface area contributed by atoms with E-state index < -0.39 is 4.92 Å². The summed E-state index contributed by atoms with van der Waals surface area (Å²) in [7, 11) is 0. The van der Waals surface area contributed by atoms with Gasteiger partial charge in [-0.15, -0.1) is 0 Å². The summed E-state index contributed by atoms with van der Waals surface area (Å²) in [5, 5.41) is 15.0. The Kier molecular flexibility index (Phi) is 6.36. The maximum Gasteiger partial charge on any atom is 0.293 e. The van der Waals surface area contributed by atoms with E-state index in [1.54, 1.807) is 23.1 Å². The molecule has 1 amide bonds. The molecule has 7 heteroatoms. The Balaban J connectivity index is 2.26. The summed E-state index contributed by atoms with van der Waals surface area (Å²) < 4.78 is 0. The van der Waals surface area contributed by atoms with E-state index in [9.17, 15) is 14.9 Å². The number of hydrogen-bond acceptors (Lipinski definition) is 4. The minimum absolute atomic E-state index is 0.134. The van der Waals surface area contributed by atoms with Crippen LogP contribution in [0.5, 0.6) is 0 Å². The molecule has 0 aliphatic carbocycles. The van der Waals surface area contributed by atoms with Gasteiger partial charge in [-0.05, 0) is 37.6 Å². The predicted molar refractivity (Wildman–Crippen MR) is 99.1 cm³/mol. The topological polar surface area (TPSA) is 75.5 Å². The van der Waals surface area contributed by atoms with Crippen molar-refractivity contribution in [3.63, 3.8) is 0 Å². The molecule has 6 nitrogen and oxygen atoms in total. The number of anilines is 1. The Labute approximate surface area is 151 Å². The summed E-state index contributed by atoms with van der Waals surface area (Å²) in [6.07, 6.45) is 0. The van der Waals surface area contributed by atoms with Crippen LogP contribution in [0.3, 0.4) is 0 Å². The van der Waals surface area contributed by atoms with Gasteiger partial charge in [-0.3, -0.25) is 14.9 Å². The summed E-state index contributed by atoms with van der Waals surface area (Å²) >= 11 is 6.10. The zero-order chi connectivity index (χ0) is 18.4. The number of halogens is 1. The number of nitrogens with zero attached hydrogens (tertiary/aromatic N) is 2. The molecule has 0 saturated heterocycles. The van der Waals surface area contributed by atoms with Crippen LogP contribution in [0.4, 0.5) is 11.4 Å². The van der Waals surface area contributed by atoms with E-state index in [0.29, 0.717) is 35.9 Å². The molecule has 0 saturated carbocycles. The highest BCUT2D eigenvalue weighted by molar-refractivity contribution is 6.31. The lowest BCUT2D eigenvalue weighted by Crippen LogP contribution is -2.30. The highest BCUT2D eigenvalue weighted by atomic mass is 35.5. The largest absolute Gasteiger partial charge is 0.375 e. The van der Waals surface area contributed by atoms with E-state index in [4.69, 9.17) is 11.6 Å². The summed E-state index contributed by atoms with van der Waals surface area (Å²) in [6, 6.07) is 11.8. The average molecular weight is 362 g/mol. The molecule has 0 unspecified atom stereocenters. The van der Waals surface area contributed by atoms with E-state index in [1.165, 1.54) is 6.07 Å². The first-order valence-corrected chi connectivity index (χ1v) is 8.40. The average Bonchev–Trinajstić information content (AvgIpc) is 2.61. The first-order valence-electron chi connectivity index (χ1n) is 8.02. The van der Waals surface area contributed by atoms with Crippen molar-refractivity contribution in [1.82, 2.24) is 4.90 Å². The summed E-state index contributed by atoms with van der Waals surface area (Å²) in [4.78, 5) is 24.9. The Morgan fingerprint density at radius 3 is 2.48 bits per heavy atom. The lowest BCUT2D eigenvalue weighted by atomic mass is 10.1. The van der Waals surface area contributed by atoms with E-state index in [0.717, 1.165) is 5.56 Å². The fourth-order valence-electron chi connectivity index (χ4n) is 2.49. The Hall–Kier alpha value is -2.60. The third-order valence-electron chi connectivity index (χ3n) is 3.92. The van der Waals surface area contributed by atoms with Crippen molar-refractivity contribution in [2.45, 2.75) is 20.4 Å². The van der Waals surface area contributed by atoms with Gasteiger partial charge in [0.15, 0.2) is 0 Å². The molecule has 0 aromatic heterocycles. The number of hydrogen-bond donors (Lipinski definition) is 1. The van der Waals surface area contributed by atoms with Crippen LogP contribution >= 0.6 is 11.6 Å². The van der Waals surface area contributed by atoms with Crippen molar-refractivity contribution in [2.24, 2.45) is 0 Å². The second-order valence-electron chi connectivity index (χ2n) is 5.41. The van der Waals surface area contributed by atoms with Crippen LogP contribution < -0.4 is 5.32 Å². The second kappa shape index (κ2) is 8.48. The predicted octanol–water partition coefficient (Wildman–Crippen LogP) is 4.34. The quantitative estimate of drug-likeness (QED) is 0.587. The number of benzene rings is 2. The Morgan fingerprint density at radius 1 is 1.20 bits per heavy atom. The number of rotatable bonds is 7. The molecule has 0 aliphatic rings. The number of nitro groups is 1. The van der Waals surface area contributed by atoms with E-state index in [1.807, 2.05) is 32.0 Å². The lowest BCUT2D eigenvalue weighted by Gasteiger charge is -2.18. The molecule has 0 bridgehead atoms. The molecule has 0 spiro atoms. The first-order chi connectivity index (χ1) is 12.0. The van der Waals surface area contributed by atoms with Crippen LogP contribution in [0.2, 0.25) is 5.02 Å². The van der Waals surface area contributed by atoms with E-state index in [-0.39, 0.29) is 11.6 Å². The minimum Gasteiger partial charge on any atom is -0.375 e. The highest BCUT2D eigenvalue weighted by Gasteiger charge is 2.20. The van der Waals surface area contributed by atoms with Gasteiger partial charge < -0.3 is 10.2 Å². The van der Waals surface area contributed by atoms with Gasteiger partial charge in [-0.2, -0.15) is 0 Å². The molecule has 0 atom stereocenters. The molecule has 0 radical (unpaired) electrons. The van der Waals surface area contributed by atoms with Crippen LogP contribution in [0.15, 0.2) is 42.5 Å². The van der Waals surface area contributed by atoms with Crippen molar-refractivity contribution in [2.75, 3.05) is 18.4 Å². The molecule has 2 rings (SSSR count). The van der Waals surface area contributed by atoms with Gasteiger partial charge in [0.25, 0.3) is 11.6 Å². The van der Waals surface area contributed by atoms with Crippen LogP contribution in [-0.4, -0.2) is 28.8 Å². The number of amides is 1. The van der Waals surface area contributed by atoms with Crippen LogP contribution in [0.1, 0.15) is 29.8 Å². The fraction of sp³-hybridized carbons (Fsp3) is 0.278. The Morgan fingerprint density at radius 2 is 1.88 bits per heavy atom. The number of carbonyl (C=O) groups is 1. The van der Waals surface area contributed by atoms with E-state index in [2.05, 4.69) is 5.32 Å². The van der Waals surface area contributed by atoms with Crippen LogP contribution in [0.25, 0.3) is 0 Å². The number of nitrogens with one attached hydrogen (secondary N) is 1. The number of carbonyl (C=O) groups excluding carboxylic acids is 1. The van der Waals surface area contributed by atoms with Crippen molar-refractivity contribution in [3.05, 3.63) is 68.7 Å². The summed E-state index contributed by atoms with van der Waals surface area (Å²) in [6.45, 7) is 5.19. The normalized spacial score (nSPS) is 10.4. The minimum atomic E-state index is -0.492. The van der Waals surface area contributed by atoms with E-state index >= 15 is 0 Å². The molecule has 2 aromatic carbocycles. The van der Waals surface area contributed by atoms with Crippen LogP contribution in [-0.2, 0) is 6.54 Å². The molecule has 0 heterocycles. The molecule has 1 N–H and O–H groups in total. The third kappa shape index (κ3) is 4.48. The zero-order valence-electron chi connectivity index (χ0n) is 14.2.